The Morgan fingerprint density at radius 3 is 2.90 bits per heavy atom. The normalized spacial score (nSPS) is 19.7. The van der Waals surface area contributed by atoms with E-state index in [4.69, 9.17) is 9.47 Å². The van der Waals surface area contributed by atoms with E-state index in [2.05, 4.69) is 34.9 Å². The largest absolute Gasteiger partial charge is 0.496 e. The van der Waals surface area contributed by atoms with E-state index in [9.17, 15) is 4.79 Å². The number of ether oxygens (including phenoxy) is 2. The Bertz CT molecular complexity index is 867. The van der Waals surface area contributed by atoms with Crippen LogP contribution in [0.2, 0.25) is 0 Å². The monoisotopic (exact) mass is 408 g/mol. The minimum Gasteiger partial charge on any atom is -0.496 e. The number of carbonyl (C=O) groups is 1. The molecular formula is C25H32N2O3. The van der Waals surface area contributed by atoms with Crippen molar-refractivity contribution >= 4 is 11.6 Å². The maximum absolute atomic E-state index is 11.5. The number of hydrogen-bond acceptors (Lipinski definition) is 4. The molecule has 1 heterocycles. The summed E-state index contributed by atoms with van der Waals surface area (Å²) in [6, 6.07) is 14.4. The first-order valence-electron chi connectivity index (χ1n) is 11.1. The molecule has 1 fully saturated rings. The first-order valence-corrected chi connectivity index (χ1v) is 11.1. The van der Waals surface area contributed by atoms with Crippen LogP contribution < -0.4 is 20.1 Å². The van der Waals surface area contributed by atoms with Crippen molar-refractivity contribution in [3.8, 4) is 11.5 Å². The quantitative estimate of drug-likeness (QED) is 0.537. The van der Waals surface area contributed by atoms with Crippen LogP contribution in [0.5, 0.6) is 11.5 Å². The predicted molar refractivity (Wildman–Crippen MR) is 119 cm³/mol. The van der Waals surface area contributed by atoms with Gasteiger partial charge in [0.2, 0.25) is 5.91 Å². The molecule has 5 heteroatoms. The molecule has 1 saturated carbocycles. The average molecular weight is 409 g/mol. The molecule has 0 bridgehead atoms. The molecule has 160 valence electrons. The Balaban J connectivity index is 1.06. The van der Waals surface area contributed by atoms with Crippen LogP contribution in [-0.4, -0.2) is 32.7 Å². The molecule has 2 atom stereocenters. The summed E-state index contributed by atoms with van der Waals surface area (Å²) >= 11 is 0. The topological polar surface area (TPSA) is 59.6 Å². The third kappa shape index (κ3) is 5.33. The lowest BCUT2D eigenvalue weighted by Gasteiger charge is -2.17. The summed E-state index contributed by atoms with van der Waals surface area (Å²) in [6.45, 7) is 2.85. The van der Waals surface area contributed by atoms with Crippen LogP contribution in [-0.2, 0) is 11.2 Å². The van der Waals surface area contributed by atoms with Crippen LogP contribution in [0.3, 0.4) is 0 Å². The van der Waals surface area contributed by atoms with E-state index in [0.29, 0.717) is 18.9 Å². The lowest BCUT2D eigenvalue weighted by Crippen LogP contribution is -2.19. The molecule has 30 heavy (non-hydrogen) atoms. The van der Waals surface area contributed by atoms with Crippen LogP contribution in [0.15, 0.2) is 42.5 Å². The van der Waals surface area contributed by atoms with Gasteiger partial charge in [0.15, 0.2) is 0 Å². The fourth-order valence-electron chi connectivity index (χ4n) is 4.27. The van der Waals surface area contributed by atoms with Gasteiger partial charge >= 0.3 is 0 Å². The van der Waals surface area contributed by atoms with E-state index in [-0.39, 0.29) is 5.91 Å². The van der Waals surface area contributed by atoms with Crippen LogP contribution in [0.4, 0.5) is 5.69 Å². The van der Waals surface area contributed by atoms with Crippen LogP contribution in [0.25, 0.3) is 0 Å². The Morgan fingerprint density at radius 2 is 2.00 bits per heavy atom. The number of unbranched alkanes of at least 4 members (excludes halogenated alkanes) is 2. The number of anilines is 1. The van der Waals surface area contributed by atoms with Crippen LogP contribution in [0.1, 0.15) is 49.1 Å². The standard InChI is InChI=1S/C25H32N2O3/c1-29-24-8-4-3-7-21(24)22-15-19(22)17-26-13-5-2-6-14-30-20-11-9-18-10-12-25(28)27-23(18)16-20/h3-4,7-9,11,16,19,22,26H,2,5-6,10,12-15,17H2,1H3,(H,27,28)/t19-,22+/m0/s1. The lowest BCUT2D eigenvalue weighted by atomic mass is 10.0. The SMILES string of the molecule is COc1ccccc1[C@@H]1C[C@H]1CNCCCCCOc1ccc2c(c1)NC(=O)CC2. The van der Waals surface area contributed by atoms with E-state index in [1.807, 2.05) is 18.2 Å². The van der Waals surface area contributed by atoms with Gasteiger partial charge in [0.05, 0.1) is 13.7 Å². The third-order valence-corrected chi connectivity index (χ3v) is 6.11. The molecule has 2 N–H and O–H groups in total. The van der Waals surface area contributed by atoms with Gasteiger partial charge in [-0.1, -0.05) is 24.3 Å². The minimum atomic E-state index is 0.0903. The van der Waals surface area contributed by atoms with E-state index in [1.54, 1.807) is 7.11 Å². The van der Waals surface area contributed by atoms with Crippen molar-refractivity contribution in [2.24, 2.45) is 5.92 Å². The van der Waals surface area contributed by atoms with Crippen molar-refractivity contribution < 1.29 is 14.3 Å². The molecule has 2 aromatic carbocycles. The van der Waals surface area contributed by atoms with Gasteiger partial charge in [0.1, 0.15) is 11.5 Å². The van der Waals surface area contributed by atoms with Gasteiger partial charge in [-0.25, -0.2) is 0 Å². The second kappa shape index (κ2) is 9.98. The molecule has 0 aromatic heterocycles. The number of methoxy groups -OCH3 is 1. The molecule has 0 saturated heterocycles. The van der Waals surface area contributed by atoms with E-state index in [0.717, 1.165) is 61.9 Å². The predicted octanol–water partition coefficient (Wildman–Crippen LogP) is 4.52. The molecule has 2 aromatic rings. The van der Waals surface area contributed by atoms with Gasteiger partial charge in [-0.05, 0) is 80.3 Å². The number of para-hydroxylation sites is 1. The summed E-state index contributed by atoms with van der Waals surface area (Å²) in [5.41, 5.74) is 3.45. The fourth-order valence-corrected chi connectivity index (χ4v) is 4.27. The molecule has 2 aliphatic rings. The van der Waals surface area contributed by atoms with Gasteiger partial charge in [-0.3, -0.25) is 4.79 Å². The van der Waals surface area contributed by atoms with Gasteiger partial charge < -0.3 is 20.1 Å². The van der Waals surface area contributed by atoms with Crippen molar-refractivity contribution in [1.82, 2.24) is 5.32 Å². The molecule has 0 radical (unpaired) electrons. The summed E-state index contributed by atoms with van der Waals surface area (Å²) < 4.78 is 11.4. The van der Waals surface area contributed by atoms with Crippen molar-refractivity contribution in [2.75, 3.05) is 32.1 Å². The van der Waals surface area contributed by atoms with Crippen molar-refractivity contribution in [2.45, 2.75) is 44.4 Å². The molecule has 4 rings (SSSR count). The van der Waals surface area contributed by atoms with Crippen molar-refractivity contribution in [1.29, 1.82) is 0 Å². The number of rotatable bonds is 11. The summed E-state index contributed by atoms with van der Waals surface area (Å²) in [4.78, 5) is 11.5. The van der Waals surface area contributed by atoms with Crippen LogP contribution in [0, 0.1) is 5.92 Å². The zero-order valence-electron chi connectivity index (χ0n) is 17.8. The van der Waals surface area contributed by atoms with Crippen molar-refractivity contribution in [3.05, 3.63) is 53.6 Å². The second-order valence-electron chi connectivity index (χ2n) is 8.32. The number of benzene rings is 2. The zero-order valence-corrected chi connectivity index (χ0v) is 17.8. The molecule has 1 amide bonds. The van der Waals surface area contributed by atoms with Gasteiger partial charge in [-0.15, -0.1) is 0 Å². The highest BCUT2D eigenvalue weighted by Crippen LogP contribution is 2.49. The number of carbonyl (C=O) groups excluding carboxylic acids is 1. The summed E-state index contributed by atoms with van der Waals surface area (Å²) in [7, 11) is 1.75. The number of aryl methyl sites for hydroxylation is 1. The van der Waals surface area contributed by atoms with Gasteiger partial charge in [0.25, 0.3) is 0 Å². The zero-order chi connectivity index (χ0) is 20.8. The molecular weight excluding hydrogens is 376 g/mol. The maximum Gasteiger partial charge on any atom is 0.224 e. The Kier molecular flexibility index (Phi) is 6.90. The van der Waals surface area contributed by atoms with Gasteiger partial charge in [0, 0.05) is 18.2 Å². The highest BCUT2D eigenvalue weighted by atomic mass is 16.5. The number of nitrogens with one attached hydrogen (secondary N) is 2. The molecule has 0 spiro atoms. The fraction of sp³-hybridized carbons (Fsp3) is 0.480. The summed E-state index contributed by atoms with van der Waals surface area (Å²) in [5.74, 6) is 3.32. The Morgan fingerprint density at radius 1 is 1.10 bits per heavy atom. The first kappa shape index (κ1) is 20.7. The van der Waals surface area contributed by atoms with E-state index < -0.39 is 0 Å². The molecule has 5 nitrogen and oxygen atoms in total. The molecule has 1 aliphatic heterocycles. The second-order valence-corrected chi connectivity index (χ2v) is 8.32. The summed E-state index contributed by atoms with van der Waals surface area (Å²) in [6.07, 6.45) is 5.99. The average Bonchev–Trinajstić information content (AvgIpc) is 3.54. The highest BCUT2D eigenvalue weighted by molar-refractivity contribution is 5.94. The summed E-state index contributed by atoms with van der Waals surface area (Å²) in [5, 5.41) is 6.53. The number of amides is 1. The van der Waals surface area contributed by atoms with E-state index in [1.165, 1.54) is 17.5 Å². The smallest absolute Gasteiger partial charge is 0.224 e. The first-order chi connectivity index (χ1) is 14.7. The van der Waals surface area contributed by atoms with Gasteiger partial charge in [-0.2, -0.15) is 0 Å². The minimum absolute atomic E-state index is 0.0903. The molecule has 1 aliphatic carbocycles. The Hall–Kier alpha value is -2.53. The van der Waals surface area contributed by atoms with Crippen LogP contribution >= 0.6 is 0 Å². The highest BCUT2D eigenvalue weighted by Gasteiger charge is 2.39. The lowest BCUT2D eigenvalue weighted by molar-refractivity contribution is -0.116. The number of fused-ring (bicyclic) bond motifs is 1. The number of hydrogen-bond donors (Lipinski definition) is 2. The van der Waals surface area contributed by atoms with Crippen molar-refractivity contribution in [3.63, 3.8) is 0 Å². The van der Waals surface area contributed by atoms with E-state index >= 15 is 0 Å². The Labute approximate surface area is 179 Å². The maximum atomic E-state index is 11.5. The third-order valence-electron chi connectivity index (χ3n) is 6.11. The molecule has 0 unspecified atom stereocenters.